The van der Waals surface area contributed by atoms with E-state index in [4.69, 9.17) is 0 Å². The maximum absolute atomic E-state index is 12.8. The van der Waals surface area contributed by atoms with E-state index < -0.39 is 5.92 Å². The Labute approximate surface area is 147 Å². The van der Waals surface area contributed by atoms with Crippen molar-refractivity contribution in [3.05, 3.63) is 60.2 Å². The van der Waals surface area contributed by atoms with Crippen LogP contribution in [0.4, 0.5) is 11.4 Å². The van der Waals surface area contributed by atoms with Crippen LogP contribution in [-0.4, -0.2) is 17.5 Å². The minimum absolute atomic E-state index is 0.313. The van der Waals surface area contributed by atoms with Crippen LogP contribution in [0.2, 0.25) is 0 Å². The Bertz CT molecular complexity index is 815. The first kappa shape index (κ1) is 16.9. The highest BCUT2D eigenvalue weighted by Gasteiger charge is 2.40. The van der Waals surface area contributed by atoms with Crippen LogP contribution in [0.25, 0.3) is 0 Å². The summed E-state index contributed by atoms with van der Waals surface area (Å²) < 4.78 is 0. The fraction of sp³-hybridized carbons (Fsp3) is 0.250. The number of hydrogen-bond acceptors (Lipinski definition) is 3. The number of hydrazone groups is 1. The fourth-order valence-corrected chi connectivity index (χ4v) is 2.88. The maximum Gasteiger partial charge on any atom is 0.265 e. The summed E-state index contributed by atoms with van der Waals surface area (Å²) in [6.07, 6.45) is 1.43. The zero-order valence-electron chi connectivity index (χ0n) is 14.4. The number of hydrogen-bond donors (Lipinski definition) is 1. The van der Waals surface area contributed by atoms with Gasteiger partial charge >= 0.3 is 0 Å². The molecule has 0 saturated carbocycles. The molecule has 1 aliphatic rings. The maximum atomic E-state index is 12.8. The summed E-state index contributed by atoms with van der Waals surface area (Å²) in [6.45, 7) is 3.96. The summed E-state index contributed by atoms with van der Waals surface area (Å²) in [5.41, 5.74) is 3.08. The molecule has 0 saturated heterocycles. The molecular weight excluding hydrogens is 314 g/mol. The van der Waals surface area contributed by atoms with Gasteiger partial charge in [-0.2, -0.15) is 10.1 Å². The van der Waals surface area contributed by atoms with E-state index in [0.29, 0.717) is 23.5 Å². The second kappa shape index (κ2) is 7.30. The number of nitrogens with one attached hydrogen (secondary N) is 1. The Morgan fingerprint density at radius 2 is 1.84 bits per heavy atom. The van der Waals surface area contributed by atoms with Gasteiger partial charge in [0.05, 0.1) is 11.4 Å². The Morgan fingerprint density at radius 1 is 1.08 bits per heavy atom. The topological polar surface area (TPSA) is 61.8 Å². The summed E-state index contributed by atoms with van der Waals surface area (Å²) in [4.78, 5) is 25.5. The molecular formula is C20H21N3O2. The monoisotopic (exact) mass is 335 g/mol. The van der Waals surface area contributed by atoms with Crippen molar-refractivity contribution < 1.29 is 9.59 Å². The number of benzene rings is 2. The lowest BCUT2D eigenvalue weighted by molar-refractivity contribution is -0.127. The van der Waals surface area contributed by atoms with Gasteiger partial charge in [0, 0.05) is 5.69 Å². The lowest BCUT2D eigenvalue weighted by atomic mass is 10.00. The van der Waals surface area contributed by atoms with Gasteiger partial charge in [-0.15, -0.1) is 0 Å². The molecule has 25 heavy (non-hydrogen) atoms. The van der Waals surface area contributed by atoms with Crippen LogP contribution in [0.1, 0.15) is 25.8 Å². The third-order valence-electron chi connectivity index (χ3n) is 4.25. The Balaban J connectivity index is 1.82. The Kier molecular flexibility index (Phi) is 4.93. The highest BCUT2D eigenvalue weighted by Crippen LogP contribution is 2.26. The van der Waals surface area contributed by atoms with Gasteiger partial charge in [-0.3, -0.25) is 9.59 Å². The molecule has 2 aromatic carbocycles. The zero-order chi connectivity index (χ0) is 17.8. The van der Waals surface area contributed by atoms with Gasteiger partial charge in [0.15, 0.2) is 5.92 Å². The first-order valence-corrected chi connectivity index (χ1v) is 8.50. The van der Waals surface area contributed by atoms with Crippen molar-refractivity contribution in [2.24, 2.45) is 11.0 Å². The summed E-state index contributed by atoms with van der Waals surface area (Å²) in [5.74, 6) is -1.53. The van der Waals surface area contributed by atoms with Gasteiger partial charge < -0.3 is 5.32 Å². The number of nitrogens with zero attached hydrogens (tertiary/aromatic N) is 2. The predicted molar refractivity (Wildman–Crippen MR) is 99.6 cm³/mol. The molecule has 2 aromatic rings. The van der Waals surface area contributed by atoms with Gasteiger partial charge in [0.2, 0.25) is 5.91 Å². The van der Waals surface area contributed by atoms with Crippen molar-refractivity contribution >= 4 is 28.9 Å². The van der Waals surface area contributed by atoms with E-state index in [-0.39, 0.29) is 11.8 Å². The van der Waals surface area contributed by atoms with Crippen molar-refractivity contribution in [2.45, 2.75) is 26.7 Å². The standard InChI is InChI=1S/C20H21N3O2/c1-3-14-9-8-10-15(13-14)21-19(24)18-17(4-2)22-23(20(18)25)16-11-6-5-7-12-16/h5-13,18H,3-4H2,1-2H3,(H,21,24). The molecule has 0 aliphatic carbocycles. The van der Waals surface area contributed by atoms with Gasteiger partial charge in [-0.25, -0.2) is 0 Å². The van der Waals surface area contributed by atoms with E-state index in [9.17, 15) is 9.59 Å². The molecule has 0 aromatic heterocycles. The highest BCUT2D eigenvalue weighted by molar-refractivity contribution is 6.29. The first-order valence-electron chi connectivity index (χ1n) is 8.50. The molecule has 0 spiro atoms. The molecule has 5 nitrogen and oxygen atoms in total. The quantitative estimate of drug-likeness (QED) is 0.848. The number of carbonyl (C=O) groups excluding carboxylic acids is 2. The number of carbonyl (C=O) groups is 2. The number of anilines is 2. The van der Waals surface area contributed by atoms with Crippen molar-refractivity contribution in [1.82, 2.24) is 0 Å². The van der Waals surface area contributed by atoms with E-state index in [2.05, 4.69) is 17.3 Å². The van der Waals surface area contributed by atoms with E-state index >= 15 is 0 Å². The third-order valence-corrected chi connectivity index (χ3v) is 4.25. The highest BCUT2D eigenvalue weighted by atomic mass is 16.2. The van der Waals surface area contributed by atoms with Crippen molar-refractivity contribution in [2.75, 3.05) is 10.3 Å². The molecule has 0 radical (unpaired) electrons. The molecule has 1 heterocycles. The van der Waals surface area contributed by atoms with Crippen LogP contribution < -0.4 is 10.3 Å². The van der Waals surface area contributed by atoms with Gasteiger partial charge in [0.1, 0.15) is 0 Å². The molecule has 1 N–H and O–H groups in total. The molecule has 1 unspecified atom stereocenters. The lowest BCUT2D eigenvalue weighted by Crippen LogP contribution is -2.36. The lowest BCUT2D eigenvalue weighted by Gasteiger charge is -2.14. The predicted octanol–water partition coefficient (Wildman–Crippen LogP) is 3.62. The molecule has 5 heteroatoms. The number of para-hydroxylation sites is 1. The Hall–Kier alpha value is -2.95. The normalized spacial score (nSPS) is 16.7. The molecule has 1 atom stereocenters. The van der Waals surface area contributed by atoms with Crippen LogP contribution in [-0.2, 0) is 16.0 Å². The minimum atomic E-state index is -0.879. The summed E-state index contributed by atoms with van der Waals surface area (Å²) in [5, 5.41) is 8.56. The Morgan fingerprint density at radius 3 is 2.52 bits per heavy atom. The van der Waals surface area contributed by atoms with Crippen LogP contribution in [0.3, 0.4) is 0 Å². The first-order chi connectivity index (χ1) is 12.1. The minimum Gasteiger partial charge on any atom is -0.325 e. The van der Waals surface area contributed by atoms with Crippen LogP contribution in [0, 0.1) is 5.92 Å². The molecule has 2 amide bonds. The van der Waals surface area contributed by atoms with Crippen molar-refractivity contribution in [3.63, 3.8) is 0 Å². The third kappa shape index (κ3) is 3.45. The molecule has 3 rings (SSSR count). The zero-order valence-corrected chi connectivity index (χ0v) is 14.4. The van der Waals surface area contributed by atoms with E-state index in [1.807, 2.05) is 49.4 Å². The molecule has 0 fully saturated rings. The van der Waals surface area contributed by atoms with Crippen molar-refractivity contribution in [1.29, 1.82) is 0 Å². The van der Waals surface area contributed by atoms with E-state index in [0.717, 1.165) is 12.0 Å². The molecule has 0 bridgehead atoms. The summed E-state index contributed by atoms with van der Waals surface area (Å²) in [7, 11) is 0. The second-order valence-electron chi connectivity index (χ2n) is 5.91. The fourth-order valence-electron chi connectivity index (χ4n) is 2.88. The van der Waals surface area contributed by atoms with Crippen LogP contribution >= 0.6 is 0 Å². The summed E-state index contributed by atoms with van der Waals surface area (Å²) in [6, 6.07) is 16.8. The average Bonchev–Trinajstić information content (AvgIpc) is 2.99. The average molecular weight is 335 g/mol. The summed E-state index contributed by atoms with van der Waals surface area (Å²) >= 11 is 0. The number of amides is 2. The van der Waals surface area contributed by atoms with Gasteiger partial charge in [-0.1, -0.05) is 44.2 Å². The van der Waals surface area contributed by atoms with Gasteiger partial charge in [0.25, 0.3) is 5.91 Å². The van der Waals surface area contributed by atoms with Gasteiger partial charge in [-0.05, 0) is 42.7 Å². The SMILES string of the molecule is CCC1=NN(c2ccccc2)C(=O)C1C(=O)Nc1cccc(CC)c1. The van der Waals surface area contributed by atoms with Crippen LogP contribution in [0.15, 0.2) is 59.7 Å². The van der Waals surface area contributed by atoms with Crippen LogP contribution in [0.5, 0.6) is 0 Å². The largest absolute Gasteiger partial charge is 0.325 e. The van der Waals surface area contributed by atoms with Crippen molar-refractivity contribution in [3.8, 4) is 0 Å². The number of aryl methyl sites for hydroxylation is 1. The van der Waals surface area contributed by atoms with E-state index in [1.54, 1.807) is 12.1 Å². The molecule has 128 valence electrons. The smallest absolute Gasteiger partial charge is 0.265 e. The van der Waals surface area contributed by atoms with E-state index in [1.165, 1.54) is 5.01 Å². The second-order valence-corrected chi connectivity index (χ2v) is 5.91. The molecule has 1 aliphatic heterocycles. The number of rotatable bonds is 5.